The Morgan fingerprint density at radius 2 is 1.92 bits per heavy atom. The van der Waals surface area contributed by atoms with Crippen molar-refractivity contribution in [3.63, 3.8) is 0 Å². The third-order valence-electron chi connectivity index (χ3n) is 3.66. The van der Waals surface area contributed by atoms with Gasteiger partial charge in [-0.1, -0.05) is 49.3 Å². The van der Waals surface area contributed by atoms with Gasteiger partial charge >= 0.3 is 0 Å². The maximum atomic E-state index is 12.0. The zero-order valence-corrected chi connectivity index (χ0v) is 15.6. The summed E-state index contributed by atoms with van der Waals surface area (Å²) in [6, 6.07) is 11.7. The Morgan fingerprint density at radius 1 is 1.15 bits per heavy atom. The molecular weight excluding hydrogens is 330 g/mol. The van der Waals surface area contributed by atoms with Crippen LogP contribution < -0.4 is 16.0 Å². The fourth-order valence-corrected chi connectivity index (χ4v) is 2.20. The highest BCUT2D eigenvalue weighted by atomic mass is 16.5. The van der Waals surface area contributed by atoms with Crippen LogP contribution in [-0.4, -0.2) is 30.1 Å². The summed E-state index contributed by atoms with van der Waals surface area (Å²) in [7, 11) is 0. The van der Waals surface area contributed by atoms with Crippen molar-refractivity contribution in [2.75, 3.05) is 13.1 Å². The van der Waals surface area contributed by atoms with Gasteiger partial charge in [0.05, 0.1) is 12.2 Å². The first-order chi connectivity index (χ1) is 12.6. The van der Waals surface area contributed by atoms with E-state index in [-0.39, 0.29) is 12.5 Å². The molecule has 1 amide bonds. The number of carbonyl (C=O) groups is 1. The molecule has 7 heteroatoms. The van der Waals surface area contributed by atoms with Crippen molar-refractivity contribution in [3.05, 3.63) is 53.4 Å². The summed E-state index contributed by atoms with van der Waals surface area (Å²) in [5, 5.41) is 13.1. The molecule has 0 saturated carbocycles. The van der Waals surface area contributed by atoms with Crippen molar-refractivity contribution in [2.45, 2.75) is 39.8 Å². The quantitative estimate of drug-likeness (QED) is 0.497. The first-order valence-electron chi connectivity index (χ1n) is 8.86. The van der Waals surface area contributed by atoms with Crippen LogP contribution in [0.25, 0.3) is 0 Å². The second-order valence-electron chi connectivity index (χ2n) is 6.18. The molecule has 3 N–H and O–H groups in total. The first-order valence-corrected chi connectivity index (χ1v) is 8.86. The lowest BCUT2D eigenvalue weighted by Crippen LogP contribution is -2.38. The SMILES string of the molecule is CCNC(=NCC(=O)NCc1ccccc1)NCc1cc(C(C)C)no1. The number of aliphatic imine (C=N–C) groups is 1. The number of amides is 1. The third kappa shape index (κ3) is 6.58. The zero-order chi connectivity index (χ0) is 18.8. The molecule has 0 unspecified atom stereocenters. The lowest BCUT2D eigenvalue weighted by Gasteiger charge is -2.10. The lowest BCUT2D eigenvalue weighted by molar-refractivity contribution is -0.119. The number of nitrogens with zero attached hydrogens (tertiary/aromatic N) is 2. The predicted molar refractivity (Wildman–Crippen MR) is 102 cm³/mol. The maximum absolute atomic E-state index is 12.0. The molecule has 140 valence electrons. The van der Waals surface area contributed by atoms with Crippen LogP contribution in [0.15, 0.2) is 45.9 Å². The Balaban J connectivity index is 1.81. The minimum Gasteiger partial charge on any atom is -0.359 e. The molecule has 0 fully saturated rings. The van der Waals surface area contributed by atoms with Gasteiger partial charge in [0.15, 0.2) is 11.7 Å². The van der Waals surface area contributed by atoms with Crippen LogP contribution in [0.1, 0.15) is 43.7 Å². The van der Waals surface area contributed by atoms with Gasteiger partial charge < -0.3 is 20.5 Å². The molecule has 0 aliphatic rings. The highest BCUT2D eigenvalue weighted by molar-refractivity contribution is 5.84. The van der Waals surface area contributed by atoms with Crippen LogP contribution in [0.4, 0.5) is 0 Å². The molecule has 0 saturated heterocycles. The fourth-order valence-electron chi connectivity index (χ4n) is 2.20. The molecule has 1 heterocycles. The second-order valence-corrected chi connectivity index (χ2v) is 6.18. The van der Waals surface area contributed by atoms with E-state index in [0.717, 1.165) is 17.0 Å². The van der Waals surface area contributed by atoms with Gasteiger partial charge in [0, 0.05) is 19.2 Å². The summed E-state index contributed by atoms with van der Waals surface area (Å²) in [5.74, 6) is 1.48. The molecule has 0 radical (unpaired) electrons. The Morgan fingerprint density at radius 3 is 2.58 bits per heavy atom. The molecule has 0 atom stereocenters. The number of carbonyl (C=O) groups excluding carboxylic acids is 1. The predicted octanol–water partition coefficient (Wildman–Crippen LogP) is 2.17. The van der Waals surface area contributed by atoms with Crippen LogP contribution in [0, 0.1) is 0 Å². The van der Waals surface area contributed by atoms with Crippen molar-refractivity contribution in [1.29, 1.82) is 0 Å². The molecular formula is C19H27N5O2. The van der Waals surface area contributed by atoms with Crippen LogP contribution in [0.5, 0.6) is 0 Å². The van der Waals surface area contributed by atoms with E-state index in [1.165, 1.54) is 0 Å². The molecule has 26 heavy (non-hydrogen) atoms. The standard InChI is InChI=1S/C19H27N5O2/c1-4-20-19(22-12-16-10-17(14(2)3)24-26-16)23-13-18(25)21-11-15-8-6-5-7-9-15/h5-10,14H,4,11-13H2,1-3H3,(H,21,25)(H2,20,22,23). The van der Waals surface area contributed by atoms with Gasteiger partial charge in [0.1, 0.15) is 6.54 Å². The normalized spacial score (nSPS) is 11.5. The van der Waals surface area contributed by atoms with Crippen molar-refractivity contribution in [2.24, 2.45) is 4.99 Å². The topological polar surface area (TPSA) is 91.5 Å². The van der Waals surface area contributed by atoms with Gasteiger partial charge in [-0.3, -0.25) is 4.79 Å². The number of hydrogen-bond donors (Lipinski definition) is 3. The van der Waals surface area contributed by atoms with Crippen LogP contribution in [0.3, 0.4) is 0 Å². The lowest BCUT2D eigenvalue weighted by atomic mass is 10.1. The molecule has 0 bridgehead atoms. The Kier molecular flexibility index (Phi) is 7.67. The summed E-state index contributed by atoms with van der Waals surface area (Å²) in [6.45, 7) is 7.80. The van der Waals surface area contributed by atoms with Crippen molar-refractivity contribution >= 4 is 11.9 Å². The third-order valence-corrected chi connectivity index (χ3v) is 3.66. The van der Waals surface area contributed by atoms with Gasteiger partial charge in [-0.05, 0) is 18.4 Å². The molecule has 2 aromatic rings. The van der Waals surface area contributed by atoms with Crippen LogP contribution >= 0.6 is 0 Å². The summed E-state index contributed by atoms with van der Waals surface area (Å²) < 4.78 is 5.29. The molecule has 2 rings (SSSR count). The molecule has 0 aliphatic heterocycles. The van der Waals surface area contributed by atoms with Crippen molar-refractivity contribution < 1.29 is 9.32 Å². The molecule has 7 nitrogen and oxygen atoms in total. The number of nitrogens with one attached hydrogen (secondary N) is 3. The fraction of sp³-hybridized carbons (Fsp3) is 0.421. The Hall–Kier alpha value is -2.83. The molecule has 1 aromatic heterocycles. The number of hydrogen-bond acceptors (Lipinski definition) is 4. The first kappa shape index (κ1) is 19.5. The Bertz CT molecular complexity index is 710. The number of aromatic nitrogens is 1. The second kappa shape index (κ2) is 10.2. The zero-order valence-electron chi connectivity index (χ0n) is 15.6. The monoisotopic (exact) mass is 357 g/mol. The van der Waals surface area contributed by atoms with E-state index in [4.69, 9.17) is 4.52 Å². The summed E-state index contributed by atoms with van der Waals surface area (Å²) in [4.78, 5) is 16.3. The highest BCUT2D eigenvalue weighted by Gasteiger charge is 2.08. The largest absolute Gasteiger partial charge is 0.359 e. The Labute approximate surface area is 154 Å². The van der Waals surface area contributed by atoms with Crippen molar-refractivity contribution in [1.82, 2.24) is 21.1 Å². The highest BCUT2D eigenvalue weighted by Crippen LogP contribution is 2.13. The van der Waals surface area contributed by atoms with E-state index in [9.17, 15) is 4.79 Å². The summed E-state index contributed by atoms with van der Waals surface area (Å²) in [5.41, 5.74) is 1.98. The molecule has 0 spiro atoms. The van der Waals surface area contributed by atoms with E-state index in [1.54, 1.807) is 0 Å². The van der Waals surface area contributed by atoms with E-state index in [1.807, 2.05) is 43.3 Å². The maximum Gasteiger partial charge on any atom is 0.242 e. The minimum atomic E-state index is -0.132. The van der Waals surface area contributed by atoms with Gasteiger partial charge in [0.25, 0.3) is 0 Å². The molecule has 1 aromatic carbocycles. The van der Waals surface area contributed by atoms with E-state index >= 15 is 0 Å². The summed E-state index contributed by atoms with van der Waals surface area (Å²) >= 11 is 0. The number of rotatable bonds is 8. The van der Waals surface area contributed by atoms with Crippen LogP contribution in [-0.2, 0) is 17.9 Å². The van der Waals surface area contributed by atoms with Gasteiger partial charge in [-0.2, -0.15) is 0 Å². The van der Waals surface area contributed by atoms with Gasteiger partial charge in [-0.15, -0.1) is 0 Å². The average Bonchev–Trinajstić information content (AvgIpc) is 3.12. The van der Waals surface area contributed by atoms with Gasteiger partial charge in [-0.25, -0.2) is 4.99 Å². The smallest absolute Gasteiger partial charge is 0.242 e. The molecule has 0 aliphatic carbocycles. The van der Waals surface area contributed by atoms with Crippen molar-refractivity contribution in [3.8, 4) is 0 Å². The summed E-state index contributed by atoms with van der Waals surface area (Å²) in [6.07, 6.45) is 0. The minimum absolute atomic E-state index is 0.0514. The van der Waals surface area contributed by atoms with E-state index < -0.39 is 0 Å². The number of guanidine groups is 1. The van der Waals surface area contributed by atoms with E-state index in [0.29, 0.717) is 31.5 Å². The van der Waals surface area contributed by atoms with Gasteiger partial charge in [0.2, 0.25) is 5.91 Å². The average molecular weight is 357 g/mol. The number of benzene rings is 1. The van der Waals surface area contributed by atoms with Crippen LogP contribution in [0.2, 0.25) is 0 Å². The van der Waals surface area contributed by atoms with E-state index in [2.05, 4.69) is 39.9 Å².